The molecule has 0 saturated carbocycles. The average molecular weight is 242 g/mol. The molecule has 0 aromatic carbocycles. The molecule has 0 aliphatic rings. The van der Waals surface area contributed by atoms with Gasteiger partial charge < -0.3 is 9.90 Å². The van der Waals surface area contributed by atoms with Gasteiger partial charge in [0.15, 0.2) is 0 Å². The summed E-state index contributed by atoms with van der Waals surface area (Å²) in [5, 5.41) is 10.1. The third kappa shape index (κ3) is 7.54. The molecule has 0 amide bonds. The average Bonchev–Trinajstić information content (AvgIpc) is 2.26. The fourth-order valence-electron chi connectivity index (χ4n) is 2.10. The van der Waals surface area contributed by atoms with Crippen LogP contribution in [-0.2, 0) is 4.79 Å². The van der Waals surface area contributed by atoms with Crippen molar-refractivity contribution in [3.8, 4) is 0 Å². The Labute approximate surface area is 107 Å². The maximum absolute atomic E-state index is 11.0. The maximum Gasteiger partial charge on any atom is 0.125 e. The minimum Gasteiger partial charge on any atom is -0.392 e. The lowest BCUT2D eigenvalue weighted by molar-refractivity contribution is -0.117. The third-order valence-electron chi connectivity index (χ3n) is 3.36. The van der Waals surface area contributed by atoms with Crippen molar-refractivity contribution >= 4 is 6.29 Å². The smallest absolute Gasteiger partial charge is 0.125 e. The van der Waals surface area contributed by atoms with E-state index in [0.29, 0.717) is 0 Å². The molecule has 0 rings (SSSR count). The fraction of sp³-hybridized carbons (Fsp3) is 0.933. The van der Waals surface area contributed by atoms with Crippen LogP contribution in [0.3, 0.4) is 0 Å². The molecule has 0 aromatic rings. The Morgan fingerprint density at radius 2 is 1.59 bits per heavy atom. The van der Waals surface area contributed by atoms with Crippen LogP contribution in [0.2, 0.25) is 0 Å². The highest BCUT2D eigenvalue weighted by atomic mass is 16.3. The standard InChI is InChI=1S/C15H30O2/c1-5-6-7-8-9-10-11-13(12-16)14(17)15(2,3)4/h12-14,17H,5-11H2,1-4H3. The van der Waals surface area contributed by atoms with E-state index in [4.69, 9.17) is 0 Å². The number of hydrogen-bond acceptors (Lipinski definition) is 2. The second kappa shape index (κ2) is 8.68. The number of carbonyl (C=O) groups is 1. The van der Waals surface area contributed by atoms with Crippen molar-refractivity contribution < 1.29 is 9.90 Å². The van der Waals surface area contributed by atoms with Gasteiger partial charge in [0.25, 0.3) is 0 Å². The molecule has 0 aliphatic heterocycles. The second-order valence-electron chi connectivity index (χ2n) is 6.17. The highest BCUT2D eigenvalue weighted by molar-refractivity contribution is 5.54. The lowest BCUT2D eigenvalue weighted by Gasteiger charge is -2.30. The van der Waals surface area contributed by atoms with Crippen LogP contribution in [0.4, 0.5) is 0 Å². The summed E-state index contributed by atoms with van der Waals surface area (Å²) in [6.07, 6.45) is 8.60. The van der Waals surface area contributed by atoms with E-state index in [1.54, 1.807) is 0 Å². The summed E-state index contributed by atoms with van der Waals surface area (Å²) in [6.45, 7) is 8.16. The first kappa shape index (κ1) is 16.6. The molecule has 2 nitrogen and oxygen atoms in total. The van der Waals surface area contributed by atoms with Crippen molar-refractivity contribution in [1.82, 2.24) is 0 Å². The van der Waals surface area contributed by atoms with Gasteiger partial charge in [-0.1, -0.05) is 66.2 Å². The Balaban J connectivity index is 3.79. The van der Waals surface area contributed by atoms with Crippen LogP contribution in [0.1, 0.15) is 72.6 Å². The number of aliphatic hydroxyl groups excluding tert-OH is 1. The first-order valence-electron chi connectivity index (χ1n) is 7.06. The molecule has 2 unspecified atom stereocenters. The zero-order chi connectivity index (χ0) is 13.3. The van der Waals surface area contributed by atoms with E-state index < -0.39 is 6.10 Å². The Morgan fingerprint density at radius 1 is 1.06 bits per heavy atom. The lowest BCUT2D eigenvalue weighted by atomic mass is 9.80. The van der Waals surface area contributed by atoms with E-state index in [9.17, 15) is 9.90 Å². The van der Waals surface area contributed by atoms with E-state index in [2.05, 4.69) is 6.92 Å². The zero-order valence-corrected chi connectivity index (χ0v) is 12.0. The summed E-state index contributed by atoms with van der Waals surface area (Å²) >= 11 is 0. The summed E-state index contributed by atoms with van der Waals surface area (Å²) in [7, 11) is 0. The maximum atomic E-state index is 11.0. The molecule has 17 heavy (non-hydrogen) atoms. The minimum atomic E-state index is -0.518. The minimum absolute atomic E-state index is 0.193. The number of aliphatic hydroxyl groups is 1. The number of hydrogen-bond donors (Lipinski definition) is 1. The summed E-state index contributed by atoms with van der Waals surface area (Å²) in [6, 6.07) is 0. The second-order valence-corrected chi connectivity index (χ2v) is 6.17. The highest BCUT2D eigenvalue weighted by Gasteiger charge is 2.29. The van der Waals surface area contributed by atoms with Crippen LogP contribution in [0, 0.1) is 11.3 Å². The van der Waals surface area contributed by atoms with Crippen molar-refractivity contribution in [3.05, 3.63) is 0 Å². The quantitative estimate of drug-likeness (QED) is 0.491. The van der Waals surface area contributed by atoms with Gasteiger partial charge in [-0.25, -0.2) is 0 Å². The molecule has 0 saturated heterocycles. The van der Waals surface area contributed by atoms with Gasteiger partial charge in [0.1, 0.15) is 6.29 Å². The Morgan fingerprint density at radius 3 is 2.06 bits per heavy atom. The van der Waals surface area contributed by atoms with Gasteiger partial charge in [-0.05, 0) is 11.8 Å². The van der Waals surface area contributed by atoms with Crippen LogP contribution in [0.25, 0.3) is 0 Å². The monoisotopic (exact) mass is 242 g/mol. The van der Waals surface area contributed by atoms with Gasteiger partial charge in [0, 0.05) is 5.92 Å². The van der Waals surface area contributed by atoms with E-state index in [1.165, 1.54) is 32.1 Å². The fourth-order valence-corrected chi connectivity index (χ4v) is 2.10. The van der Waals surface area contributed by atoms with E-state index in [-0.39, 0.29) is 11.3 Å². The predicted octanol–water partition coefficient (Wildman–Crippen LogP) is 3.96. The molecule has 0 radical (unpaired) electrons. The number of aldehydes is 1. The van der Waals surface area contributed by atoms with Gasteiger partial charge >= 0.3 is 0 Å². The summed E-state index contributed by atoms with van der Waals surface area (Å²) in [5.74, 6) is -0.193. The Kier molecular flexibility index (Phi) is 8.49. The van der Waals surface area contributed by atoms with Crippen molar-refractivity contribution in [2.75, 3.05) is 0 Å². The summed E-state index contributed by atoms with van der Waals surface area (Å²) in [5.41, 5.74) is -0.201. The summed E-state index contributed by atoms with van der Waals surface area (Å²) < 4.78 is 0. The third-order valence-corrected chi connectivity index (χ3v) is 3.36. The van der Waals surface area contributed by atoms with Gasteiger partial charge in [-0.3, -0.25) is 0 Å². The van der Waals surface area contributed by atoms with E-state index >= 15 is 0 Å². The molecule has 0 fully saturated rings. The van der Waals surface area contributed by atoms with Gasteiger partial charge in [-0.15, -0.1) is 0 Å². The summed E-state index contributed by atoms with van der Waals surface area (Å²) in [4.78, 5) is 11.0. The molecule has 0 aromatic heterocycles. The predicted molar refractivity (Wildman–Crippen MR) is 73.0 cm³/mol. The van der Waals surface area contributed by atoms with Gasteiger partial charge in [-0.2, -0.15) is 0 Å². The zero-order valence-electron chi connectivity index (χ0n) is 12.0. The van der Waals surface area contributed by atoms with Crippen molar-refractivity contribution in [2.24, 2.45) is 11.3 Å². The molecular weight excluding hydrogens is 212 g/mol. The van der Waals surface area contributed by atoms with Gasteiger partial charge in [0.2, 0.25) is 0 Å². The van der Waals surface area contributed by atoms with Gasteiger partial charge in [0.05, 0.1) is 6.10 Å². The molecule has 2 atom stereocenters. The van der Waals surface area contributed by atoms with Crippen LogP contribution in [-0.4, -0.2) is 17.5 Å². The van der Waals surface area contributed by atoms with Crippen LogP contribution in [0.5, 0.6) is 0 Å². The number of unbranched alkanes of at least 4 members (excludes halogenated alkanes) is 5. The number of rotatable bonds is 9. The SMILES string of the molecule is CCCCCCCCC(C=O)C(O)C(C)(C)C. The normalized spacial score (nSPS) is 15.6. The molecule has 1 N–H and O–H groups in total. The molecule has 0 aliphatic carbocycles. The van der Waals surface area contributed by atoms with Crippen LogP contribution >= 0.6 is 0 Å². The molecule has 0 spiro atoms. The molecule has 2 heteroatoms. The van der Waals surface area contributed by atoms with Crippen molar-refractivity contribution in [2.45, 2.75) is 78.7 Å². The largest absolute Gasteiger partial charge is 0.392 e. The van der Waals surface area contributed by atoms with Crippen LogP contribution < -0.4 is 0 Å². The Hall–Kier alpha value is -0.370. The first-order chi connectivity index (χ1) is 7.93. The molecular formula is C15H30O2. The molecule has 102 valence electrons. The van der Waals surface area contributed by atoms with Crippen molar-refractivity contribution in [1.29, 1.82) is 0 Å². The highest BCUT2D eigenvalue weighted by Crippen LogP contribution is 2.27. The lowest BCUT2D eigenvalue weighted by Crippen LogP contribution is -2.34. The van der Waals surface area contributed by atoms with Crippen molar-refractivity contribution in [3.63, 3.8) is 0 Å². The molecule has 0 heterocycles. The first-order valence-corrected chi connectivity index (χ1v) is 7.06. The topological polar surface area (TPSA) is 37.3 Å². The van der Waals surface area contributed by atoms with Crippen LogP contribution in [0.15, 0.2) is 0 Å². The van der Waals surface area contributed by atoms with E-state index in [1.807, 2.05) is 20.8 Å². The Bertz CT molecular complexity index is 194. The van der Waals surface area contributed by atoms with E-state index in [0.717, 1.165) is 19.1 Å². The number of carbonyl (C=O) groups excluding carboxylic acids is 1. The molecule has 0 bridgehead atoms.